The molecule has 0 aromatic heterocycles. The second-order valence-electron chi connectivity index (χ2n) is 4.55. The van der Waals surface area contributed by atoms with Crippen molar-refractivity contribution in [1.82, 2.24) is 10.6 Å². The fraction of sp³-hybridized carbons (Fsp3) is 0.500. The first-order valence-corrected chi connectivity index (χ1v) is 7.22. The van der Waals surface area contributed by atoms with Crippen molar-refractivity contribution < 1.29 is 18.3 Å². The Morgan fingerprint density at radius 3 is 2.59 bits per heavy atom. The van der Waals surface area contributed by atoms with Crippen LogP contribution in [0.1, 0.15) is 25.0 Å². The SMILES string of the molecule is CCNC(=NCC(O)c1ccccc1Cl)NCCC(F)(F)F. The molecule has 8 heteroatoms. The van der Waals surface area contributed by atoms with E-state index in [9.17, 15) is 18.3 Å². The number of benzene rings is 1. The van der Waals surface area contributed by atoms with E-state index in [1.165, 1.54) is 0 Å². The van der Waals surface area contributed by atoms with Gasteiger partial charge in [0.1, 0.15) is 6.10 Å². The number of hydrogen-bond acceptors (Lipinski definition) is 2. The van der Waals surface area contributed by atoms with Crippen molar-refractivity contribution in [2.75, 3.05) is 19.6 Å². The topological polar surface area (TPSA) is 56.7 Å². The molecular formula is C14H19ClF3N3O. The first-order valence-electron chi connectivity index (χ1n) is 6.85. The minimum Gasteiger partial charge on any atom is -0.386 e. The van der Waals surface area contributed by atoms with E-state index < -0.39 is 18.7 Å². The molecule has 3 N–H and O–H groups in total. The van der Waals surface area contributed by atoms with Gasteiger partial charge in [0, 0.05) is 23.7 Å². The summed E-state index contributed by atoms with van der Waals surface area (Å²) in [7, 11) is 0. The van der Waals surface area contributed by atoms with E-state index in [1.54, 1.807) is 31.2 Å². The third-order valence-electron chi connectivity index (χ3n) is 2.73. The van der Waals surface area contributed by atoms with Gasteiger partial charge in [0.05, 0.1) is 13.0 Å². The summed E-state index contributed by atoms with van der Waals surface area (Å²) < 4.78 is 36.4. The van der Waals surface area contributed by atoms with Gasteiger partial charge in [0.2, 0.25) is 0 Å². The first-order chi connectivity index (χ1) is 10.3. The quantitative estimate of drug-likeness (QED) is 0.552. The number of aliphatic hydroxyl groups is 1. The highest BCUT2D eigenvalue weighted by molar-refractivity contribution is 6.31. The van der Waals surface area contributed by atoms with Gasteiger partial charge in [0.15, 0.2) is 5.96 Å². The largest absolute Gasteiger partial charge is 0.390 e. The Morgan fingerprint density at radius 1 is 1.32 bits per heavy atom. The zero-order chi connectivity index (χ0) is 16.6. The number of guanidine groups is 1. The average Bonchev–Trinajstić information content (AvgIpc) is 2.43. The Labute approximate surface area is 132 Å². The van der Waals surface area contributed by atoms with Gasteiger partial charge in [-0.05, 0) is 13.0 Å². The molecule has 1 atom stereocenters. The molecule has 0 radical (unpaired) electrons. The van der Waals surface area contributed by atoms with Crippen LogP contribution in [0.3, 0.4) is 0 Å². The van der Waals surface area contributed by atoms with Crippen LogP contribution in [0, 0.1) is 0 Å². The second-order valence-corrected chi connectivity index (χ2v) is 4.96. The molecule has 0 heterocycles. The molecule has 4 nitrogen and oxygen atoms in total. The molecule has 1 aromatic rings. The highest BCUT2D eigenvalue weighted by atomic mass is 35.5. The molecule has 0 aliphatic rings. The van der Waals surface area contributed by atoms with Gasteiger partial charge >= 0.3 is 6.18 Å². The maximum Gasteiger partial charge on any atom is 0.390 e. The molecule has 0 spiro atoms. The predicted octanol–water partition coefficient (Wildman–Crippen LogP) is 2.88. The van der Waals surface area contributed by atoms with E-state index in [-0.39, 0.29) is 19.0 Å². The Kier molecular flexibility index (Phi) is 7.47. The average molecular weight is 338 g/mol. The normalized spacial score (nSPS) is 13.8. The smallest absolute Gasteiger partial charge is 0.386 e. The Bertz CT molecular complexity index is 494. The van der Waals surface area contributed by atoms with E-state index in [2.05, 4.69) is 15.6 Å². The van der Waals surface area contributed by atoms with Gasteiger partial charge in [0.25, 0.3) is 0 Å². The molecule has 124 valence electrons. The van der Waals surface area contributed by atoms with Crippen LogP contribution in [0.5, 0.6) is 0 Å². The second kappa shape index (κ2) is 8.85. The van der Waals surface area contributed by atoms with Crippen molar-refractivity contribution in [3.63, 3.8) is 0 Å². The summed E-state index contributed by atoms with van der Waals surface area (Å²) in [5.74, 6) is 0.220. The maximum absolute atomic E-state index is 12.1. The standard InChI is InChI=1S/C14H19ClF3N3O/c1-2-19-13(20-8-7-14(16,17)18)21-9-12(22)10-5-3-4-6-11(10)15/h3-6,12,22H,2,7-9H2,1H3,(H2,19,20,21). The number of alkyl halides is 3. The summed E-state index contributed by atoms with van der Waals surface area (Å²) in [5, 5.41) is 15.9. The van der Waals surface area contributed by atoms with Crippen molar-refractivity contribution in [2.45, 2.75) is 25.6 Å². The Morgan fingerprint density at radius 2 is 2.00 bits per heavy atom. The molecule has 0 aliphatic heterocycles. The number of aliphatic imine (C=N–C) groups is 1. The lowest BCUT2D eigenvalue weighted by molar-refractivity contribution is -0.132. The number of rotatable bonds is 6. The number of aliphatic hydroxyl groups excluding tert-OH is 1. The van der Waals surface area contributed by atoms with Crippen LogP contribution < -0.4 is 10.6 Å². The molecular weight excluding hydrogens is 319 g/mol. The zero-order valence-electron chi connectivity index (χ0n) is 12.1. The fourth-order valence-electron chi connectivity index (χ4n) is 1.69. The summed E-state index contributed by atoms with van der Waals surface area (Å²) in [6.45, 7) is 2.01. The number of hydrogen-bond donors (Lipinski definition) is 3. The zero-order valence-corrected chi connectivity index (χ0v) is 12.9. The molecule has 0 aliphatic carbocycles. The molecule has 1 unspecified atom stereocenters. The lowest BCUT2D eigenvalue weighted by Crippen LogP contribution is -2.39. The van der Waals surface area contributed by atoms with Gasteiger partial charge in [-0.2, -0.15) is 13.2 Å². The minimum absolute atomic E-state index is 0.00884. The molecule has 0 saturated heterocycles. The van der Waals surface area contributed by atoms with Crippen molar-refractivity contribution in [2.24, 2.45) is 4.99 Å². The highest BCUT2D eigenvalue weighted by Gasteiger charge is 2.26. The van der Waals surface area contributed by atoms with Gasteiger partial charge in [-0.15, -0.1) is 0 Å². The van der Waals surface area contributed by atoms with Crippen LogP contribution in [-0.4, -0.2) is 36.9 Å². The van der Waals surface area contributed by atoms with Crippen molar-refractivity contribution in [1.29, 1.82) is 0 Å². The molecule has 0 bridgehead atoms. The lowest BCUT2D eigenvalue weighted by Gasteiger charge is -2.14. The van der Waals surface area contributed by atoms with Crippen LogP contribution in [0.2, 0.25) is 5.02 Å². The third-order valence-corrected chi connectivity index (χ3v) is 3.08. The monoisotopic (exact) mass is 337 g/mol. The number of nitrogens with zero attached hydrogens (tertiary/aromatic N) is 1. The van der Waals surface area contributed by atoms with E-state index in [1.807, 2.05) is 0 Å². The maximum atomic E-state index is 12.1. The summed E-state index contributed by atoms with van der Waals surface area (Å²) in [6.07, 6.45) is -6.10. The Hall–Kier alpha value is -1.47. The van der Waals surface area contributed by atoms with E-state index in [0.717, 1.165) is 0 Å². The lowest BCUT2D eigenvalue weighted by atomic mass is 10.1. The van der Waals surface area contributed by atoms with Gasteiger partial charge < -0.3 is 15.7 Å². The van der Waals surface area contributed by atoms with Crippen LogP contribution in [0.15, 0.2) is 29.3 Å². The molecule has 1 rings (SSSR count). The first kappa shape index (κ1) is 18.6. The molecule has 1 aromatic carbocycles. The van der Waals surface area contributed by atoms with Crippen LogP contribution in [0.25, 0.3) is 0 Å². The summed E-state index contributed by atoms with van der Waals surface area (Å²) in [4.78, 5) is 4.07. The fourth-order valence-corrected chi connectivity index (χ4v) is 1.95. The van der Waals surface area contributed by atoms with Crippen LogP contribution in [-0.2, 0) is 0 Å². The van der Waals surface area contributed by atoms with E-state index >= 15 is 0 Å². The molecule has 0 amide bonds. The summed E-state index contributed by atoms with van der Waals surface area (Å²) in [5.41, 5.74) is 0.527. The number of halogens is 4. The number of nitrogens with one attached hydrogen (secondary N) is 2. The Balaban J connectivity index is 2.59. The van der Waals surface area contributed by atoms with Gasteiger partial charge in [-0.25, -0.2) is 0 Å². The van der Waals surface area contributed by atoms with E-state index in [4.69, 9.17) is 11.6 Å². The van der Waals surface area contributed by atoms with Gasteiger partial charge in [-0.1, -0.05) is 29.8 Å². The predicted molar refractivity (Wildman–Crippen MR) is 81.1 cm³/mol. The van der Waals surface area contributed by atoms with Crippen LogP contribution >= 0.6 is 11.6 Å². The van der Waals surface area contributed by atoms with E-state index in [0.29, 0.717) is 17.1 Å². The van der Waals surface area contributed by atoms with Crippen LogP contribution in [0.4, 0.5) is 13.2 Å². The van der Waals surface area contributed by atoms with Crippen molar-refractivity contribution in [3.05, 3.63) is 34.9 Å². The van der Waals surface area contributed by atoms with Gasteiger partial charge in [-0.3, -0.25) is 4.99 Å². The molecule has 0 fully saturated rings. The van der Waals surface area contributed by atoms with Crippen molar-refractivity contribution >= 4 is 17.6 Å². The third kappa shape index (κ3) is 7.00. The molecule has 0 saturated carbocycles. The molecule has 22 heavy (non-hydrogen) atoms. The highest BCUT2D eigenvalue weighted by Crippen LogP contribution is 2.22. The summed E-state index contributed by atoms with van der Waals surface area (Å²) >= 11 is 5.96. The summed E-state index contributed by atoms with van der Waals surface area (Å²) in [6, 6.07) is 6.80. The van der Waals surface area contributed by atoms with Crippen molar-refractivity contribution in [3.8, 4) is 0 Å². The minimum atomic E-state index is -4.22.